The molecule has 0 fully saturated rings. The van der Waals surface area contributed by atoms with Crippen molar-refractivity contribution in [3.05, 3.63) is 29.3 Å². The summed E-state index contributed by atoms with van der Waals surface area (Å²) in [5.41, 5.74) is 2.49. The number of hydrogen-bond donors (Lipinski definition) is 1. The number of hydrogen-bond acceptors (Lipinski definition) is 4. The minimum absolute atomic E-state index is 0.132. The van der Waals surface area contributed by atoms with Gasteiger partial charge in [-0.1, -0.05) is 12.1 Å². The number of rotatable bonds is 9. The number of aryl methyl sites for hydroxylation is 2. The van der Waals surface area contributed by atoms with Gasteiger partial charge in [-0.2, -0.15) is 0 Å². The second kappa shape index (κ2) is 9.03. The van der Waals surface area contributed by atoms with Crippen LogP contribution >= 0.6 is 0 Å². The summed E-state index contributed by atoms with van der Waals surface area (Å²) in [5, 5.41) is 2.84. The van der Waals surface area contributed by atoms with E-state index in [9.17, 15) is 13.2 Å². The maximum Gasteiger partial charge on any atom is 0.232 e. The molecule has 7 heteroatoms. The smallest absolute Gasteiger partial charge is 0.232 e. The normalized spacial score (nSPS) is 11.6. The van der Waals surface area contributed by atoms with Crippen LogP contribution in [-0.2, 0) is 14.8 Å². The minimum atomic E-state index is -3.44. The van der Waals surface area contributed by atoms with E-state index >= 15 is 0 Å². The minimum Gasteiger partial charge on any atom is -0.356 e. The van der Waals surface area contributed by atoms with Crippen LogP contribution in [0.2, 0.25) is 0 Å². The average Bonchev–Trinajstić information content (AvgIpc) is 2.45. The lowest BCUT2D eigenvalue weighted by atomic mass is 10.1. The Bertz CT molecular complexity index is 657. The number of nitrogens with one attached hydrogen (secondary N) is 1. The van der Waals surface area contributed by atoms with Crippen LogP contribution in [0.1, 0.15) is 24.0 Å². The number of anilines is 1. The number of amides is 1. The molecule has 1 aromatic rings. The topological polar surface area (TPSA) is 69.7 Å². The molecule has 0 unspecified atom stereocenters. The lowest BCUT2D eigenvalue weighted by Gasteiger charge is -2.24. The van der Waals surface area contributed by atoms with E-state index in [2.05, 4.69) is 10.2 Å². The summed E-state index contributed by atoms with van der Waals surface area (Å²) in [4.78, 5) is 14.0. The van der Waals surface area contributed by atoms with Crippen molar-refractivity contribution >= 4 is 21.6 Å². The molecular weight excluding hydrogens is 326 g/mol. The van der Waals surface area contributed by atoms with Crippen LogP contribution in [0.25, 0.3) is 0 Å². The molecular formula is C17H29N3O3S. The van der Waals surface area contributed by atoms with Gasteiger partial charge in [-0.25, -0.2) is 8.42 Å². The maximum absolute atomic E-state index is 12.1. The van der Waals surface area contributed by atoms with Crippen molar-refractivity contribution in [3.63, 3.8) is 0 Å². The number of sulfonamides is 1. The molecule has 1 aromatic carbocycles. The Morgan fingerprint density at radius 1 is 1.17 bits per heavy atom. The van der Waals surface area contributed by atoms with Gasteiger partial charge in [-0.05, 0) is 58.1 Å². The van der Waals surface area contributed by atoms with E-state index in [0.717, 1.165) is 24.1 Å². The molecule has 1 amide bonds. The summed E-state index contributed by atoms with van der Waals surface area (Å²) in [5.74, 6) is -0.132. The van der Waals surface area contributed by atoms with Gasteiger partial charge in [0.25, 0.3) is 0 Å². The van der Waals surface area contributed by atoms with Gasteiger partial charge >= 0.3 is 0 Å². The number of carbonyl (C=O) groups excluding carboxylic acids is 1. The van der Waals surface area contributed by atoms with Gasteiger partial charge in [0.1, 0.15) is 0 Å². The summed E-state index contributed by atoms with van der Waals surface area (Å²) >= 11 is 0. The van der Waals surface area contributed by atoms with Gasteiger partial charge in [-0.3, -0.25) is 9.10 Å². The molecule has 0 aliphatic carbocycles. The highest BCUT2D eigenvalue weighted by Crippen LogP contribution is 2.24. The fourth-order valence-corrected chi connectivity index (χ4v) is 3.34. The van der Waals surface area contributed by atoms with Crippen molar-refractivity contribution in [1.29, 1.82) is 0 Å². The SMILES string of the molecule is Cc1ccc(C)c(N(CCC(=O)NCCCN(C)C)S(C)(=O)=O)c1. The van der Waals surface area contributed by atoms with E-state index in [-0.39, 0.29) is 18.9 Å². The monoisotopic (exact) mass is 355 g/mol. The summed E-state index contributed by atoms with van der Waals surface area (Å²) < 4.78 is 25.6. The zero-order chi connectivity index (χ0) is 18.3. The van der Waals surface area contributed by atoms with Gasteiger partial charge < -0.3 is 10.2 Å². The first-order valence-electron chi connectivity index (χ1n) is 8.07. The number of nitrogens with zero attached hydrogens (tertiary/aromatic N) is 2. The first-order valence-corrected chi connectivity index (χ1v) is 9.92. The van der Waals surface area contributed by atoms with E-state index in [4.69, 9.17) is 0 Å². The molecule has 1 rings (SSSR count). The van der Waals surface area contributed by atoms with E-state index in [1.807, 2.05) is 46.1 Å². The highest BCUT2D eigenvalue weighted by molar-refractivity contribution is 7.92. The second-order valence-corrected chi connectivity index (χ2v) is 8.29. The van der Waals surface area contributed by atoms with Crippen LogP contribution in [0, 0.1) is 13.8 Å². The molecule has 0 aliphatic heterocycles. The first kappa shape index (κ1) is 20.4. The molecule has 0 atom stereocenters. The van der Waals surface area contributed by atoms with Crippen molar-refractivity contribution in [2.75, 3.05) is 44.3 Å². The third kappa shape index (κ3) is 6.88. The van der Waals surface area contributed by atoms with Crippen LogP contribution < -0.4 is 9.62 Å². The summed E-state index contributed by atoms with van der Waals surface area (Å²) in [6, 6.07) is 5.67. The van der Waals surface area contributed by atoms with E-state index in [0.29, 0.717) is 12.2 Å². The molecule has 1 N–H and O–H groups in total. The predicted molar refractivity (Wildman–Crippen MR) is 98.9 cm³/mol. The van der Waals surface area contributed by atoms with Gasteiger partial charge in [0.15, 0.2) is 0 Å². The van der Waals surface area contributed by atoms with E-state index < -0.39 is 10.0 Å². The Morgan fingerprint density at radius 3 is 2.42 bits per heavy atom. The summed E-state index contributed by atoms with van der Waals surface area (Å²) in [7, 11) is 0.522. The van der Waals surface area contributed by atoms with Crippen molar-refractivity contribution in [2.24, 2.45) is 0 Å². The van der Waals surface area contributed by atoms with Crippen LogP contribution in [0.4, 0.5) is 5.69 Å². The fraction of sp³-hybridized carbons (Fsp3) is 0.588. The number of carbonyl (C=O) groups is 1. The third-order valence-corrected chi connectivity index (χ3v) is 4.86. The van der Waals surface area contributed by atoms with Crippen molar-refractivity contribution < 1.29 is 13.2 Å². The van der Waals surface area contributed by atoms with Crippen LogP contribution in [0.15, 0.2) is 18.2 Å². The standard InChI is InChI=1S/C17H29N3O3S/c1-14-7-8-15(2)16(13-14)20(24(5,22)23)12-9-17(21)18-10-6-11-19(3)4/h7-8,13H,6,9-12H2,1-5H3,(H,18,21). The zero-order valence-electron chi connectivity index (χ0n) is 15.3. The van der Waals surface area contributed by atoms with Crippen molar-refractivity contribution in [1.82, 2.24) is 10.2 Å². The lowest BCUT2D eigenvalue weighted by Crippen LogP contribution is -2.35. The quantitative estimate of drug-likeness (QED) is 0.682. The molecule has 6 nitrogen and oxygen atoms in total. The van der Waals surface area contributed by atoms with Crippen molar-refractivity contribution in [3.8, 4) is 0 Å². The maximum atomic E-state index is 12.1. The van der Waals surface area contributed by atoms with Crippen LogP contribution in [-0.4, -0.2) is 59.2 Å². The lowest BCUT2D eigenvalue weighted by molar-refractivity contribution is -0.120. The Hall–Kier alpha value is -1.60. The third-order valence-electron chi connectivity index (χ3n) is 3.68. The average molecular weight is 356 g/mol. The van der Waals surface area contributed by atoms with Crippen molar-refractivity contribution in [2.45, 2.75) is 26.7 Å². The molecule has 0 saturated heterocycles. The van der Waals surface area contributed by atoms with Gasteiger partial charge in [0.05, 0.1) is 11.9 Å². The van der Waals surface area contributed by atoms with Gasteiger partial charge in [-0.15, -0.1) is 0 Å². The molecule has 0 bridgehead atoms. The largest absolute Gasteiger partial charge is 0.356 e. The highest BCUT2D eigenvalue weighted by atomic mass is 32.2. The molecule has 0 heterocycles. The van der Waals surface area contributed by atoms with E-state index in [1.54, 1.807) is 0 Å². The van der Waals surface area contributed by atoms with Crippen LogP contribution in [0.5, 0.6) is 0 Å². The Balaban J connectivity index is 2.69. The second-order valence-electron chi connectivity index (χ2n) is 6.38. The van der Waals surface area contributed by atoms with Gasteiger partial charge in [0, 0.05) is 19.5 Å². The van der Waals surface area contributed by atoms with E-state index in [1.165, 1.54) is 10.6 Å². The molecule has 0 aliphatic rings. The molecule has 0 radical (unpaired) electrons. The first-order chi connectivity index (χ1) is 11.1. The summed E-state index contributed by atoms with van der Waals surface area (Å²) in [6.45, 7) is 5.43. The van der Waals surface area contributed by atoms with Gasteiger partial charge in [0.2, 0.25) is 15.9 Å². The fourth-order valence-electron chi connectivity index (χ4n) is 2.37. The Morgan fingerprint density at radius 2 is 1.83 bits per heavy atom. The number of benzene rings is 1. The molecule has 0 aromatic heterocycles. The zero-order valence-corrected chi connectivity index (χ0v) is 16.1. The predicted octanol–water partition coefficient (Wildman–Crippen LogP) is 1.53. The summed E-state index contributed by atoms with van der Waals surface area (Å²) in [6.07, 6.45) is 2.18. The Labute approximate surface area is 145 Å². The molecule has 136 valence electrons. The molecule has 0 spiro atoms. The Kier molecular flexibility index (Phi) is 7.69. The highest BCUT2D eigenvalue weighted by Gasteiger charge is 2.20. The van der Waals surface area contributed by atoms with Crippen LogP contribution in [0.3, 0.4) is 0 Å². The molecule has 0 saturated carbocycles. The molecule has 24 heavy (non-hydrogen) atoms.